The molecule has 0 aromatic carbocycles. The minimum absolute atomic E-state index is 0.201. The summed E-state index contributed by atoms with van der Waals surface area (Å²) in [7, 11) is 1.60. The average Bonchev–Trinajstić information content (AvgIpc) is 3.10. The molecule has 0 saturated carbocycles. The van der Waals surface area contributed by atoms with Crippen LogP contribution in [0.3, 0.4) is 0 Å². The van der Waals surface area contributed by atoms with Crippen molar-refractivity contribution in [1.82, 2.24) is 19.5 Å². The monoisotopic (exact) mass is 366 g/mol. The average molecular weight is 366 g/mol. The third-order valence-corrected chi connectivity index (χ3v) is 4.13. The number of rotatable bonds is 6. The molecule has 2 N–H and O–H groups in total. The highest BCUT2D eigenvalue weighted by Crippen LogP contribution is 2.21. The van der Waals surface area contributed by atoms with Gasteiger partial charge in [-0.15, -0.1) is 0 Å². The topological polar surface area (TPSA) is 112 Å². The number of nitrogens with zero attached hydrogens (tertiary/aromatic N) is 5. The zero-order chi connectivity index (χ0) is 19.1. The molecular formula is C19H22N6O2. The van der Waals surface area contributed by atoms with Crippen LogP contribution in [0.2, 0.25) is 0 Å². The van der Waals surface area contributed by atoms with E-state index in [-0.39, 0.29) is 11.8 Å². The third kappa shape index (κ3) is 4.71. The second kappa shape index (κ2) is 8.96. The molecule has 2 aromatic rings. The van der Waals surface area contributed by atoms with Crippen molar-refractivity contribution in [2.24, 2.45) is 0 Å². The van der Waals surface area contributed by atoms with Crippen molar-refractivity contribution in [1.29, 1.82) is 5.26 Å². The van der Waals surface area contributed by atoms with Crippen molar-refractivity contribution in [3.05, 3.63) is 41.8 Å². The van der Waals surface area contributed by atoms with Crippen molar-refractivity contribution < 1.29 is 9.47 Å². The Balaban J connectivity index is 1.86. The number of methoxy groups -OCH3 is 1. The van der Waals surface area contributed by atoms with Gasteiger partial charge in [-0.05, 0) is 30.9 Å². The number of fused-ring (bicyclic) bond motifs is 1. The smallest absolute Gasteiger partial charge is 0.320 e. The number of allylic oxidation sites excluding steroid dienone is 6. The van der Waals surface area contributed by atoms with E-state index >= 15 is 0 Å². The van der Waals surface area contributed by atoms with E-state index in [1.165, 1.54) is 0 Å². The van der Waals surface area contributed by atoms with Gasteiger partial charge in [0.25, 0.3) is 0 Å². The number of nitrogens with two attached hydrogens (primary N) is 1. The Labute approximate surface area is 157 Å². The van der Waals surface area contributed by atoms with Gasteiger partial charge in [-0.3, -0.25) is 0 Å². The SMILES string of the molecule is COCCOc1nc(N)c2ncn(CC3=C/CCC/C=C(C#N)/C=C\3)c2n1. The lowest BCUT2D eigenvalue weighted by Crippen LogP contribution is -2.09. The largest absolute Gasteiger partial charge is 0.461 e. The first kappa shape index (κ1) is 18.6. The van der Waals surface area contributed by atoms with Crippen LogP contribution < -0.4 is 10.5 Å². The van der Waals surface area contributed by atoms with E-state index in [9.17, 15) is 5.26 Å². The highest BCUT2D eigenvalue weighted by atomic mass is 16.5. The maximum atomic E-state index is 9.18. The van der Waals surface area contributed by atoms with Crippen LogP contribution in [0.1, 0.15) is 19.3 Å². The molecule has 0 saturated heterocycles. The Kier molecular flexibility index (Phi) is 6.18. The molecule has 0 radical (unpaired) electrons. The number of nitriles is 1. The molecule has 2 heterocycles. The van der Waals surface area contributed by atoms with Crippen LogP contribution in [-0.4, -0.2) is 39.8 Å². The van der Waals surface area contributed by atoms with Gasteiger partial charge in [-0.2, -0.15) is 15.2 Å². The fourth-order valence-electron chi connectivity index (χ4n) is 2.73. The first-order valence-electron chi connectivity index (χ1n) is 8.78. The summed E-state index contributed by atoms with van der Waals surface area (Å²) in [5.74, 6) is 0.278. The molecule has 0 fully saturated rings. The van der Waals surface area contributed by atoms with Crippen LogP contribution in [-0.2, 0) is 11.3 Å². The predicted molar refractivity (Wildman–Crippen MR) is 102 cm³/mol. The number of nitrogen functional groups attached to an aromatic ring is 1. The Hall–Kier alpha value is -3.18. The fraction of sp³-hybridized carbons (Fsp3) is 0.368. The molecule has 1 aliphatic carbocycles. The van der Waals surface area contributed by atoms with E-state index in [1.54, 1.807) is 13.4 Å². The molecule has 0 amide bonds. The van der Waals surface area contributed by atoms with E-state index in [0.29, 0.717) is 36.5 Å². The number of imidazole rings is 1. The maximum Gasteiger partial charge on any atom is 0.320 e. The lowest BCUT2D eigenvalue weighted by atomic mass is 10.1. The number of hydrogen-bond acceptors (Lipinski definition) is 7. The predicted octanol–water partition coefficient (Wildman–Crippen LogP) is 2.55. The van der Waals surface area contributed by atoms with Crippen LogP contribution in [0, 0.1) is 11.3 Å². The molecule has 3 rings (SSSR count). The molecular weight excluding hydrogens is 344 g/mol. The second-order valence-corrected chi connectivity index (χ2v) is 6.09. The summed E-state index contributed by atoms with van der Waals surface area (Å²) < 4.78 is 12.4. The summed E-state index contributed by atoms with van der Waals surface area (Å²) in [6, 6.07) is 2.41. The van der Waals surface area contributed by atoms with E-state index in [4.69, 9.17) is 15.2 Å². The van der Waals surface area contributed by atoms with E-state index in [2.05, 4.69) is 27.1 Å². The van der Waals surface area contributed by atoms with Gasteiger partial charge in [0.05, 0.1) is 25.5 Å². The lowest BCUT2D eigenvalue weighted by Gasteiger charge is -2.08. The Bertz CT molecular complexity index is 936. The van der Waals surface area contributed by atoms with Crippen LogP contribution in [0.4, 0.5) is 5.82 Å². The van der Waals surface area contributed by atoms with E-state index < -0.39 is 0 Å². The number of anilines is 1. The summed E-state index contributed by atoms with van der Waals surface area (Å²) in [6.07, 6.45) is 12.5. The van der Waals surface area contributed by atoms with Crippen molar-refractivity contribution in [3.8, 4) is 12.1 Å². The highest BCUT2D eigenvalue weighted by molar-refractivity contribution is 5.82. The molecule has 0 bridgehead atoms. The lowest BCUT2D eigenvalue weighted by molar-refractivity contribution is 0.141. The van der Waals surface area contributed by atoms with Gasteiger partial charge in [-0.25, -0.2) is 4.98 Å². The first-order chi connectivity index (χ1) is 13.2. The summed E-state index contributed by atoms with van der Waals surface area (Å²) in [5.41, 5.74) is 8.91. The van der Waals surface area contributed by atoms with Gasteiger partial charge < -0.3 is 19.8 Å². The molecule has 8 nitrogen and oxygen atoms in total. The number of hydrogen-bond donors (Lipinski definition) is 1. The molecule has 0 spiro atoms. The first-order valence-corrected chi connectivity index (χ1v) is 8.78. The van der Waals surface area contributed by atoms with Gasteiger partial charge >= 0.3 is 6.01 Å². The minimum Gasteiger partial charge on any atom is -0.461 e. The normalized spacial score (nSPS) is 19.7. The zero-order valence-electron chi connectivity index (χ0n) is 15.3. The molecule has 140 valence electrons. The third-order valence-electron chi connectivity index (χ3n) is 4.13. The van der Waals surface area contributed by atoms with Crippen LogP contribution in [0.5, 0.6) is 6.01 Å². The molecule has 0 aliphatic heterocycles. The summed E-state index contributed by atoms with van der Waals surface area (Å²) in [5, 5.41) is 9.18. The molecule has 27 heavy (non-hydrogen) atoms. The standard InChI is InChI=1S/C19H22N6O2/c1-26-9-10-27-19-23-17(21)16-18(24-19)25(13-22-16)12-15-6-4-2-3-5-14(11-20)7-8-15/h5-8,13H,2-4,9-10,12H2,1H3,(H2,21,23,24)/b8-7-,14-5-,15-6+. The Morgan fingerprint density at radius 2 is 2.07 bits per heavy atom. The van der Waals surface area contributed by atoms with Crippen LogP contribution in [0.15, 0.2) is 41.8 Å². The molecule has 1 aliphatic rings. The summed E-state index contributed by atoms with van der Waals surface area (Å²) >= 11 is 0. The van der Waals surface area contributed by atoms with Gasteiger partial charge in [0.1, 0.15) is 6.61 Å². The Morgan fingerprint density at radius 1 is 1.22 bits per heavy atom. The number of aromatic nitrogens is 4. The van der Waals surface area contributed by atoms with Crippen molar-refractivity contribution in [2.75, 3.05) is 26.1 Å². The fourth-order valence-corrected chi connectivity index (χ4v) is 2.73. The molecule has 2 aromatic heterocycles. The zero-order valence-corrected chi connectivity index (χ0v) is 15.3. The van der Waals surface area contributed by atoms with E-state index in [0.717, 1.165) is 24.8 Å². The quantitative estimate of drug-likeness (QED) is 0.782. The second-order valence-electron chi connectivity index (χ2n) is 6.09. The van der Waals surface area contributed by atoms with Crippen LogP contribution in [0.25, 0.3) is 11.2 Å². The molecule has 8 heteroatoms. The van der Waals surface area contributed by atoms with Gasteiger partial charge in [0, 0.05) is 12.7 Å². The van der Waals surface area contributed by atoms with Gasteiger partial charge in [0.2, 0.25) is 0 Å². The molecule has 0 unspecified atom stereocenters. The summed E-state index contributed by atoms with van der Waals surface area (Å²) in [4.78, 5) is 12.9. The van der Waals surface area contributed by atoms with Crippen LogP contribution >= 0.6 is 0 Å². The van der Waals surface area contributed by atoms with Gasteiger partial charge in [-0.1, -0.05) is 18.2 Å². The number of ether oxygens (including phenoxy) is 2. The van der Waals surface area contributed by atoms with Crippen molar-refractivity contribution in [2.45, 2.75) is 25.8 Å². The van der Waals surface area contributed by atoms with Gasteiger partial charge in [0.15, 0.2) is 17.0 Å². The van der Waals surface area contributed by atoms with Crippen molar-refractivity contribution >= 4 is 17.0 Å². The minimum atomic E-state index is 0.201. The Morgan fingerprint density at radius 3 is 2.89 bits per heavy atom. The highest BCUT2D eigenvalue weighted by Gasteiger charge is 2.13. The summed E-state index contributed by atoms with van der Waals surface area (Å²) in [6.45, 7) is 1.35. The van der Waals surface area contributed by atoms with E-state index in [1.807, 2.05) is 22.8 Å². The van der Waals surface area contributed by atoms with Crippen molar-refractivity contribution in [3.63, 3.8) is 0 Å². The maximum absolute atomic E-state index is 9.18. The molecule has 0 atom stereocenters.